The summed E-state index contributed by atoms with van der Waals surface area (Å²) in [6, 6.07) is 0.724. The Labute approximate surface area is 76.9 Å². The highest BCUT2D eigenvalue weighted by Crippen LogP contribution is 2.54. The molecule has 12 heavy (non-hydrogen) atoms. The first-order chi connectivity index (χ1) is 5.30. The third-order valence-electron chi connectivity index (χ3n) is 3.66. The molecule has 1 aliphatic rings. The van der Waals surface area contributed by atoms with E-state index < -0.39 is 0 Å². The van der Waals surface area contributed by atoms with E-state index in [2.05, 4.69) is 47.0 Å². The lowest BCUT2D eigenvalue weighted by Gasteiger charge is -2.57. The minimum absolute atomic E-state index is 0.469. The van der Waals surface area contributed by atoms with Gasteiger partial charge in [-0.1, -0.05) is 34.6 Å². The van der Waals surface area contributed by atoms with E-state index in [1.807, 2.05) is 0 Å². The SMILES string of the molecule is CNC1CC(C(C)(C)C)C1(C)C. The molecule has 2 atom stereocenters. The smallest absolute Gasteiger partial charge is 0.0121 e. The Kier molecular flexibility index (Phi) is 2.28. The Morgan fingerprint density at radius 2 is 1.75 bits per heavy atom. The fraction of sp³-hybridized carbons (Fsp3) is 1.00. The van der Waals surface area contributed by atoms with E-state index >= 15 is 0 Å². The molecule has 1 saturated carbocycles. The molecule has 0 spiro atoms. The van der Waals surface area contributed by atoms with E-state index in [0.717, 1.165) is 12.0 Å². The average Bonchev–Trinajstić information content (AvgIpc) is 1.83. The summed E-state index contributed by atoms with van der Waals surface area (Å²) in [6.07, 6.45) is 1.34. The van der Waals surface area contributed by atoms with Crippen LogP contribution in [-0.4, -0.2) is 13.1 Å². The van der Waals surface area contributed by atoms with E-state index in [4.69, 9.17) is 0 Å². The number of nitrogens with one attached hydrogen (secondary N) is 1. The molecule has 0 amide bonds. The molecular weight excluding hydrogens is 146 g/mol. The Bertz CT molecular complexity index is 164. The van der Waals surface area contributed by atoms with Gasteiger partial charge in [0.25, 0.3) is 0 Å². The lowest BCUT2D eigenvalue weighted by molar-refractivity contribution is -0.0530. The van der Waals surface area contributed by atoms with Crippen molar-refractivity contribution in [3.8, 4) is 0 Å². The van der Waals surface area contributed by atoms with Crippen LogP contribution in [-0.2, 0) is 0 Å². The van der Waals surface area contributed by atoms with Crippen LogP contribution in [0.5, 0.6) is 0 Å². The fourth-order valence-electron chi connectivity index (χ4n) is 2.88. The van der Waals surface area contributed by atoms with Gasteiger partial charge in [-0.25, -0.2) is 0 Å². The highest BCUT2D eigenvalue weighted by molar-refractivity contribution is 5.04. The minimum Gasteiger partial charge on any atom is -0.316 e. The van der Waals surface area contributed by atoms with E-state index in [1.165, 1.54) is 6.42 Å². The summed E-state index contributed by atoms with van der Waals surface area (Å²) >= 11 is 0. The van der Waals surface area contributed by atoms with Gasteiger partial charge in [0.2, 0.25) is 0 Å². The number of rotatable bonds is 1. The van der Waals surface area contributed by atoms with Crippen molar-refractivity contribution in [1.82, 2.24) is 5.32 Å². The summed E-state index contributed by atoms with van der Waals surface area (Å²) in [7, 11) is 2.07. The first kappa shape index (κ1) is 10.0. The molecule has 1 nitrogen and oxygen atoms in total. The molecule has 1 aliphatic carbocycles. The molecule has 1 rings (SSSR count). The number of hydrogen-bond donors (Lipinski definition) is 1. The van der Waals surface area contributed by atoms with Gasteiger partial charge < -0.3 is 5.32 Å². The zero-order valence-corrected chi connectivity index (χ0v) is 9.36. The van der Waals surface area contributed by atoms with Crippen molar-refractivity contribution in [2.45, 2.75) is 47.1 Å². The topological polar surface area (TPSA) is 12.0 Å². The third-order valence-corrected chi connectivity index (χ3v) is 3.66. The maximum Gasteiger partial charge on any atom is 0.0121 e. The van der Waals surface area contributed by atoms with E-state index in [0.29, 0.717) is 10.8 Å². The second kappa shape index (κ2) is 2.73. The summed E-state index contributed by atoms with van der Waals surface area (Å²) in [5.74, 6) is 0.863. The lowest BCUT2D eigenvalue weighted by Crippen LogP contribution is -2.59. The molecule has 0 aromatic heterocycles. The Morgan fingerprint density at radius 1 is 1.25 bits per heavy atom. The molecule has 2 unspecified atom stereocenters. The van der Waals surface area contributed by atoms with Crippen molar-refractivity contribution < 1.29 is 0 Å². The Morgan fingerprint density at radius 3 is 2.00 bits per heavy atom. The van der Waals surface area contributed by atoms with Gasteiger partial charge >= 0.3 is 0 Å². The molecule has 0 aromatic rings. The molecule has 0 saturated heterocycles. The summed E-state index contributed by atoms with van der Waals surface area (Å²) in [4.78, 5) is 0. The van der Waals surface area contributed by atoms with Crippen molar-refractivity contribution in [2.24, 2.45) is 16.7 Å². The van der Waals surface area contributed by atoms with Gasteiger partial charge in [0, 0.05) is 6.04 Å². The second-order valence-corrected chi connectivity index (χ2v) is 5.82. The van der Waals surface area contributed by atoms with Crippen LogP contribution in [0.3, 0.4) is 0 Å². The number of hydrogen-bond acceptors (Lipinski definition) is 1. The second-order valence-electron chi connectivity index (χ2n) is 5.82. The van der Waals surface area contributed by atoms with Crippen molar-refractivity contribution in [3.63, 3.8) is 0 Å². The highest BCUT2D eigenvalue weighted by atomic mass is 14.9. The molecule has 0 bridgehead atoms. The van der Waals surface area contributed by atoms with Gasteiger partial charge in [-0.3, -0.25) is 0 Å². The monoisotopic (exact) mass is 169 g/mol. The van der Waals surface area contributed by atoms with Crippen LogP contribution in [0.25, 0.3) is 0 Å². The van der Waals surface area contributed by atoms with Crippen molar-refractivity contribution in [2.75, 3.05) is 7.05 Å². The average molecular weight is 169 g/mol. The zero-order valence-electron chi connectivity index (χ0n) is 9.36. The Balaban J connectivity index is 2.65. The van der Waals surface area contributed by atoms with Gasteiger partial charge in [-0.2, -0.15) is 0 Å². The molecule has 1 N–H and O–H groups in total. The van der Waals surface area contributed by atoms with E-state index in [1.54, 1.807) is 0 Å². The predicted octanol–water partition coefficient (Wildman–Crippen LogP) is 2.67. The maximum absolute atomic E-state index is 3.39. The summed E-state index contributed by atoms with van der Waals surface area (Å²) in [5.41, 5.74) is 0.948. The highest BCUT2D eigenvalue weighted by Gasteiger charge is 2.51. The van der Waals surface area contributed by atoms with Crippen LogP contribution in [0.1, 0.15) is 41.0 Å². The van der Waals surface area contributed by atoms with Crippen LogP contribution >= 0.6 is 0 Å². The fourth-order valence-corrected chi connectivity index (χ4v) is 2.88. The van der Waals surface area contributed by atoms with Gasteiger partial charge in [0.05, 0.1) is 0 Å². The molecule has 0 heterocycles. The maximum atomic E-state index is 3.39. The van der Waals surface area contributed by atoms with Gasteiger partial charge in [0.15, 0.2) is 0 Å². The minimum atomic E-state index is 0.469. The van der Waals surface area contributed by atoms with Crippen LogP contribution in [0.15, 0.2) is 0 Å². The van der Waals surface area contributed by atoms with Gasteiger partial charge in [-0.05, 0) is 30.2 Å². The third kappa shape index (κ3) is 1.39. The molecule has 0 aromatic carbocycles. The first-order valence-electron chi connectivity index (χ1n) is 4.97. The van der Waals surface area contributed by atoms with Crippen molar-refractivity contribution >= 4 is 0 Å². The normalized spacial score (nSPS) is 34.5. The lowest BCUT2D eigenvalue weighted by atomic mass is 9.51. The standard InChI is InChI=1S/C11H23N/c1-10(2,3)8-7-9(12-6)11(8,4)5/h8-9,12H,7H2,1-6H3. The first-order valence-corrected chi connectivity index (χ1v) is 4.97. The van der Waals surface area contributed by atoms with Gasteiger partial charge in [0.1, 0.15) is 0 Å². The van der Waals surface area contributed by atoms with Crippen LogP contribution in [0, 0.1) is 16.7 Å². The zero-order chi connectivity index (χ0) is 9.57. The summed E-state index contributed by atoms with van der Waals surface area (Å²) in [5, 5.41) is 3.39. The molecule has 0 aliphatic heterocycles. The molecule has 72 valence electrons. The van der Waals surface area contributed by atoms with Crippen LogP contribution in [0.2, 0.25) is 0 Å². The van der Waals surface area contributed by atoms with E-state index in [-0.39, 0.29) is 0 Å². The molecular formula is C11H23N. The quantitative estimate of drug-likeness (QED) is 0.636. The largest absolute Gasteiger partial charge is 0.316 e. The summed E-state index contributed by atoms with van der Waals surface area (Å²) < 4.78 is 0. The predicted molar refractivity (Wildman–Crippen MR) is 54.2 cm³/mol. The Hall–Kier alpha value is -0.0400. The molecule has 0 radical (unpaired) electrons. The van der Waals surface area contributed by atoms with E-state index in [9.17, 15) is 0 Å². The van der Waals surface area contributed by atoms with Gasteiger partial charge in [-0.15, -0.1) is 0 Å². The molecule has 1 heteroatoms. The van der Waals surface area contributed by atoms with Crippen LogP contribution < -0.4 is 5.32 Å². The molecule has 1 fully saturated rings. The summed E-state index contributed by atoms with van der Waals surface area (Å²) in [6.45, 7) is 11.8. The van der Waals surface area contributed by atoms with Crippen LogP contribution in [0.4, 0.5) is 0 Å². The van der Waals surface area contributed by atoms with Crippen molar-refractivity contribution in [1.29, 1.82) is 0 Å². The van der Waals surface area contributed by atoms with Crippen molar-refractivity contribution in [3.05, 3.63) is 0 Å².